The van der Waals surface area contributed by atoms with Crippen molar-refractivity contribution in [3.63, 3.8) is 0 Å². The molecular weight excluding hydrogens is 404 g/mol. The minimum absolute atomic E-state index is 0.153. The Morgan fingerprint density at radius 3 is 2.48 bits per heavy atom. The number of benzene rings is 2. The van der Waals surface area contributed by atoms with Crippen LogP contribution in [-0.4, -0.2) is 31.7 Å². The molecule has 7 heteroatoms. The van der Waals surface area contributed by atoms with Gasteiger partial charge in [0.1, 0.15) is 0 Å². The second-order valence-electron chi connectivity index (χ2n) is 5.98. The molecule has 1 N–H and O–H groups in total. The van der Waals surface area contributed by atoms with E-state index in [1.54, 1.807) is 30.3 Å². The molecule has 25 heavy (non-hydrogen) atoms. The minimum atomic E-state index is -3.57. The summed E-state index contributed by atoms with van der Waals surface area (Å²) in [4.78, 5) is 12.8. The van der Waals surface area contributed by atoms with Gasteiger partial charge in [0.05, 0.1) is 16.5 Å². The molecule has 132 valence electrons. The Hall–Kier alpha value is -1.70. The van der Waals surface area contributed by atoms with E-state index in [2.05, 4.69) is 21.2 Å². The number of hydrogen-bond acceptors (Lipinski definition) is 3. The Bertz CT molecular complexity index is 856. The van der Waals surface area contributed by atoms with Crippen molar-refractivity contribution in [2.45, 2.75) is 17.7 Å². The molecule has 1 saturated heterocycles. The van der Waals surface area contributed by atoms with Gasteiger partial charge >= 0.3 is 0 Å². The van der Waals surface area contributed by atoms with Crippen molar-refractivity contribution in [3.8, 4) is 0 Å². The van der Waals surface area contributed by atoms with Crippen molar-refractivity contribution in [2.24, 2.45) is 5.92 Å². The number of halogens is 1. The zero-order valence-corrected chi connectivity index (χ0v) is 16.0. The molecule has 0 aliphatic carbocycles. The van der Waals surface area contributed by atoms with Gasteiger partial charge < -0.3 is 5.32 Å². The molecule has 2 aromatic carbocycles. The third-order valence-electron chi connectivity index (χ3n) is 4.27. The Morgan fingerprint density at radius 2 is 1.76 bits per heavy atom. The fourth-order valence-corrected chi connectivity index (χ4v) is 4.84. The molecule has 2 aromatic rings. The van der Waals surface area contributed by atoms with Gasteiger partial charge in [0, 0.05) is 17.6 Å². The van der Waals surface area contributed by atoms with Crippen molar-refractivity contribution < 1.29 is 13.2 Å². The van der Waals surface area contributed by atoms with Gasteiger partial charge in [-0.1, -0.05) is 30.3 Å². The average molecular weight is 423 g/mol. The molecule has 1 fully saturated rings. The van der Waals surface area contributed by atoms with E-state index in [0.717, 1.165) is 4.47 Å². The van der Waals surface area contributed by atoms with E-state index in [9.17, 15) is 13.2 Å². The first-order chi connectivity index (χ1) is 12.0. The third kappa shape index (κ3) is 4.11. The van der Waals surface area contributed by atoms with Crippen molar-refractivity contribution in [1.82, 2.24) is 4.31 Å². The number of nitrogens with one attached hydrogen (secondary N) is 1. The highest BCUT2D eigenvalue weighted by atomic mass is 79.9. The summed E-state index contributed by atoms with van der Waals surface area (Å²) in [7, 11) is -3.57. The Morgan fingerprint density at radius 1 is 1.08 bits per heavy atom. The van der Waals surface area contributed by atoms with Gasteiger partial charge in [-0.05, 0) is 53.0 Å². The Kier molecular flexibility index (Phi) is 5.56. The van der Waals surface area contributed by atoms with E-state index in [4.69, 9.17) is 0 Å². The van der Waals surface area contributed by atoms with Crippen molar-refractivity contribution in [3.05, 3.63) is 59.1 Å². The van der Waals surface area contributed by atoms with E-state index >= 15 is 0 Å². The van der Waals surface area contributed by atoms with Crippen LogP contribution >= 0.6 is 15.9 Å². The minimum Gasteiger partial charge on any atom is -0.325 e. The largest absolute Gasteiger partial charge is 0.325 e. The molecule has 3 rings (SSSR count). The summed E-state index contributed by atoms with van der Waals surface area (Å²) in [6.07, 6.45) is 1.34. The topological polar surface area (TPSA) is 66.5 Å². The van der Waals surface area contributed by atoms with Gasteiger partial charge in [-0.15, -0.1) is 0 Å². The van der Waals surface area contributed by atoms with Crippen LogP contribution in [0.4, 0.5) is 5.69 Å². The number of rotatable bonds is 4. The molecule has 0 spiro atoms. The lowest BCUT2D eigenvalue weighted by molar-refractivity contribution is -0.120. The van der Waals surface area contributed by atoms with Gasteiger partial charge in [-0.25, -0.2) is 8.42 Å². The summed E-state index contributed by atoms with van der Waals surface area (Å²) in [6, 6.07) is 15.7. The number of piperidine rings is 1. The molecule has 1 amide bonds. The second kappa shape index (κ2) is 7.68. The Labute approximate surface area is 156 Å². The average Bonchev–Trinajstić information content (AvgIpc) is 2.64. The predicted molar refractivity (Wildman–Crippen MR) is 101 cm³/mol. The van der Waals surface area contributed by atoms with E-state index < -0.39 is 10.0 Å². The molecule has 1 aliphatic rings. The van der Waals surface area contributed by atoms with E-state index in [1.807, 2.05) is 24.3 Å². The highest BCUT2D eigenvalue weighted by molar-refractivity contribution is 9.10. The van der Waals surface area contributed by atoms with Crippen LogP contribution in [0.3, 0.4) is 0 Å². The summed E-state index contributed by atoms with van der Waals surface area (Å²) in [6.45, 7) is 0.642. The van der Waals surface area contributed by atoms with Crippen molar-refractivity contribution in [1.29, 1.82) is 0 Å². The molecule has 0 aromatic heterocycles. The fourth-order valence-electron chi connectivity index (χ4n) is 2.91. The summed E-state index contributed by atoms with van der Waals surface area (Å²) in [5, 5.41) is 2.88. The van der Waals surface area contributed by atoms with Gasteiger partial charge in [0.25, 0.3) is 0 Å². The first-order valence-corrected chi connectivity index (χ1v) is 10.3. The van der Waals surface area contributed by atoms with E-state index in [0.29, 0.717) is 25.1 Å². The number of sulfonamides is 1. The van der Waals surface area contributed by atoms with E-state index in [1.165, 1.54) is 4.31 Å². The lowest BCUT2D eigenvalue weighted by Crippen LogP contribution is -2.43. The van der Waals surface area contributed by atoms with Crippen LogP contribution in [0.5, 0.6) is 0 Å². The molecule has 0 unspecified atom stereocenters. The number of nitrogens with zero attached hydrogens (tertiary/aromatic N) is 1. The van der Waals surface area contributed by atoms with Crippen LogP contribution in [0.1, 0.15) is 12.8 Å². The van der Waals surface area contributed by atoms with Crippen LogP contribution in [0.25, 0.3) is 0 Å². The quantitative estimate of drug-likeness (QED) is 0.819. The molecular formula is C18H19BrN2O3S. The van der Waals surface area contributed by atoms with Gasteiger partial charge in [0.2, 0.25) is 15.9 Å². The summed E-state index contributed by atoms with van der Waals surface area (Å²) in [5.41, 5.74) is 0.690. The second-order valence-corrected chi connectivity index (χ2v) is 8.78. The maximum Gasteiger partial charge on any atom is 0.243 e. The Balaban J connectivity index is 1.73. The molecule has 1 atom stereocenters. The van der Waals surface area contributed by atoms with Crippen LogP contribution in [0.15, 0.2) is 64.0 Å². The predicted octanol–water partition coefficient (Wildman–Crippen LogP) is 3.49. The zero-order valence-electron chi connectivity index (χ0n) is 13.6. The van der Waals surface area contributed by atoms with E-state index in [-0.39, 0.29) is 23.3 Å². The number of amides is 1. The number of para-hydroxylation sites is 1. The van der Waals surface area contributed by atoms with Gasteiger partial charge in [0.15, 0.2) is 0 Å². The summed E-state index contributed by atoms with van der Waals surface area (Å²) >= 11 is 3.40. The first-order valence-electron chi connectivity index (χ1n) is 8.09. The molecule has 0 bridgehead atoms. The summed E-state index contributed by atoms with van der Waals surface area (Å²) < 4.78 is 27.7. The highest BCUT2D eigenvalue weighted by Gasteiger charge is 2.33. The van der Waals surface area contributed by atoms with Crippen LogP contribution < -0.4 is 5.32 Å². The number of carbonyl (C=O) groups excluding carboxylic acids is 1. The standard InChI is InChI=1S/C18H19BrN2O3S/c19-16-10-4-5-11-17(16)20-18(22)14-7-6-12-21(13-14)25(23,24)15-8-2-1-3-9-15/h1-5,8-11,14H,6-7,12-13H2,(H,20,22)/t14-/m0/s1. The van der Waals surface area contributed by atoms with Crippen LogP contribution in [0.2, 0.25) is 0 Å². The van der Waals surface area contributed by atoms with Crippen LogP contribution in [-0.2, 0) is 14.8 Å². The number of anilines is 1. The molecule has 0 saturated carbocycles. The lowest BCUT2D eigenvalue weighted by Gasteiger charge is -2.31. The van der Waals surface area contributed by atoms with Gasteiger partial charge in [-0.3, -0.25) is 4.79 Å². The lowest BCUT2D eigenvalue weighted by atomic mass is 9.99. The van der Waals surface area contributed by atoms with Crippen molar-refractivity contribution in [2.75, 3.05) is 18.4 Å². The summed E-state index contributed by atoms with van der Waals surface area (Å²) in [5.74, 6) is -0.515. The maximum atomic E-state index is 12.8. The maximum absolute atomic E-state index is 12.8. The zero-order chi connectivity index (χ0) is 17.9. The fraction of sp³-hybridized carbons (Fsp3) is 0.278. The SMILES string of the molecule is O=C(Nc1ccccc1Br)[C@H]1CCCN(S(=O)(=O)c2ccccc2)C1. The number of hydrogen-bond donors (Lipinski definition) is 1. The molecule has 5 nitrogen and oxygen atoms in total. The number of carbonyl (C=O) groups is 1. The monoisotopic (exact) mass is 422 g/mol. The van der Waals surface area contributed by atoms with Crippen LogP contribution in [0, 0.1) is 5.92 Å². The molecule has 1 heterocycles. The van der Waals surface area contributed by atoms with Gasteiger partial charge in [-0.2, -0.15) is 4.31 Å². The smallest absolute Gasteiger partial charge is 0.243 e. The molecule has 1 aliphatic heterocycles. The van der Waals surface area contributed by atoms with Crippen molar-refractivity contribution >= 4 is 37.5 Å². The molecule has 0 radical (unpaired) electrons. The third-order valence-corrected chi connectivity index (χ3v) is 6.84. The normalized spacial score (nSPS) is 18.7. The highest BCUT2D eigenvalue weighted by Crippen LogP contribution is 2.26. The first kappa shape index (κ1) is 18.1.